The third-order valence-electron chi connectivity index (χ3n) is 6.47. The van der Waals surface area contributed by atoms with Crippen LogP contribution in [0.1, 0.15) is 70.0 Å². The molecule has 0 radical (unpaired) electrons. The van der Waals surface area contributed by atoms with Crippen LogP contribution < -0.4 is 11.1 Å². The molecule has 3 nitrogen and oxygen atoms in total. The van der Waals surface area contributed by atoms with E-state index in [4.69, 9.17) is 5.73 Å². The first-order valence-corrected chi connectivity index (χ1v) is 10.0. The Morgan fingerprint density at radius 3 is 2.28 bits per heavy atom. The molecule has 0 aromatic heterocycles. The van der Waals surface area contributed by atoms with E-state index in [1.54, 1.807) is 0 Å². The first kappa shape index (κ1) is 18.4. The van der Waals surface area contributed by atoms with Crippen LogP contribution in [0, 0.1) is 23.2 Å². The molecule has 1 aromatic carbocycles. The van der Waals surface area contributed by atoms with Crippen LogP contribution in [0.4, 0.5) is 0 Å². The fourth-order valence-electron chi connectivity index (χ4n) is 5.03. The van der Waals surface area contributed by atoms with Gasteiger partial charge in [-0.15, -0.1) is 0 Å². The average molecular weight is 343 g/mol. The van der Waals surface area contributed by atoms with Crippen LogP contribution in [0.2, 0.25) is 0 Å². The molecule has 2 saturated carbocycles. The number of hydrogen-bond acceptors (Lipinski definition) is 2. The van der Waals surface area contributed by atoms with Crippen LogP contribution in [0.25, 0.3) is 0 Å². The summed E-state index contributed by atoms with van der Waals surface area (Å²) in [7, 11) is 0. The predicted octanol–water partition coefficient (Wildman–Crippen LogP) is 4.22. The van der Waals surface area contributed by atoms with Gasteiger partial charge < -0.3 is 11.1 Å². The summed E-state index contributed by atoms with van der Waals surface area (Å²) in [5.41, 5.74) is 8.29. The highest BCUT2D eigenvalue weighted by Gasteiger charge is 2.50. The van der Waals surface area contributed by atoms with Crippen LogP contribution in [-0.4, -0.2) is 12.5 Å². The Kier molecular flexibility index (Phi) is 5.52. The van der Waals surface area contributed by atoms with Crippen LogP contribution in [-0.2, 0) is 11.2 Å². The standard InChI is InChI=1S/C22H34N2O/c1-15(2)11-17-7-9-18(10-8-17)16(3)24-21(25)22(14-23)12-19-5-4-6-20(19)13-22/h7-10,15-16,19-20H,4-6,11-14,23H2,1-3H3,(H,24,25). The summed E-state index contributed by atoms with van der Waals surface area (Å²) in [5, 5.41) is 3.26. The smallest absolute Gasteiger partial charge is 0.227 e. The zero-order valence-electron chi connectivity index (χ0n) is 16.1. The number of fused-ring (bicyclic) bond motifs is 1. The maximum absolute atomic E-state index is 13.0. The van der Waals surface area contributed by atoms with E-state index in [0.29, 0.717) is 12.5 Å². The molecule has 2 fully saturated rings. The Balaban J connectivity index is 1.63. The second-order valence-electron chi connectivity index (χ2n) is 8.88. The van der Waals surface area contributed by atoms with Crippen molar-refractivity contribution in [2.75, 3.05) is 6.54 Å². The van der Waals surface area contributed by atoms with Crippen molar-refractivity contribution in [3.05, 3.63) is 35.4 Å². The molecule has 3 N–H and O–H groups in total. The van der Waals surface area contributed by atoms with Crippen molar-refractivity contribution in [1.82, 2.24) is 5.32 Å². The van der Waals surface area contributed by atoms with E-state index >= 15 is 0 Å². The SMILES string of the molecule is CC(C)Cc1ccc(C(C)NC(=O)C2(CN)CC3CCCC3C2)cc1. The number of amides is 1. The van der Waals surface area contributed by atoms with Crippen molar-refractivity contribution >= 4 is 5.91 Å². The molecule has 2 aliphatic rings. The fraction of sp³-hybridized carbons (Fsp3) is 0.682. The minimum atomic E-state index is -0.332. The highest BCUT2D eigenvalue weighted by Crippen LogP contribution is 2.52. The number of hydrogen-bond donors (Lipinski definition) is 2. The van der Waals surface area contributed by atoms with Crippen LogP contribution in [0.3, 0.4) is 0 Å². The molecule has 0 heterocycles. The molecule has 0 bridgehead atoms. The van der Waals surface area contributed by atoms with Crippen molar-refractivity contribution in [2.45, 2.75) is 65.3 Å². The number of nitrogens with one attached hydrogen (secondary N) is 1. The second kappa shape index (κ2) is 7.49. The highest BCUT2D eigenvalue weighted by atomic mass is 16.2. The number of benzene rings is 1. The van der Waals surface area contributed by atoms with Gasteiger partial charge in [0.1, 0.15) is 0 Å². The molecule has 0 saturated heterocycles. The van der Waals surface area contributed by atoms with Gasteiger partial charge in [-0.05, 0) is 55.1 Å². The molecule has 0 aliphatic heterocycles. The quantitative estimate of drug-likeness (QED) is 0.813. The largest absolute Gasteiger partial charge is 0.349 e. The van der Waals surface area contributed by atoms with Gasteiger partial charge >= 0.3 is 0 Å². The van der Waals surface area contributed by atoms with Gasteiger partial charge in [-0.2, -0.15) is 0 Å². The van der Waals surface area contributed by atoms with Gasteiger partial charge in [0.15, 0.2) is 0 Å². The molecule has 2 aliphatic carbocycles. The number of nitrogens with two attached hydrogens (primary N) is 1. The minimum absolute atomic E-state index is 0.0319. The summed E-state index contributed by atoms with van der Waals surface area (Å²) in [5.74, 6) is 2.28. The summed E-state index contributed by atoms with van der Waals surface area (Å²) in [6.45, 7) is 7.03. The van der Waals surface area contributed by atoms with E-state index in [2.05, 4.69) is 50.4 Å². The van der Waals surface area contributed by atoms with Crippen molar-refractivity contribution in [3.63, 3.8) is 0 Å². The molecule has 25 heavy (non-hydrogen) atoms. The van der Waals surface area contributed by atoms with E-state index < -0.39 is 0 Å². The maximum atomic E-state index is 13.0. The van der Waals surface area contributed by atoms with E-state index in [0.717, 1.165) is 31.1 Å². The van der Waals surface area contributed by atoms with Gasteiger partial charge in [-0.1, -0.05) is 57.4 Å². The lowest BCUT2D eigenvalue weighted by Gasteiger charge is -2.29. The minimum Gasteiger partial charge on any atom is -0.349 e. The van der Waals surface area contributed by atoms with E-state index in [1.165, 1.54) is 30.4 Å². The lowest BCUT2D eigenvalue weighted by atomic mass is 9.82. The summed E-state index contributed by atoms with van der Waals surface area (Å²) in [4.78, 5) is 13.0. The summed E-state index contributed by atoms with van der Waals surface area (Å²) in [6.07, 6.45) is 6.97. The van der Waals surface area contributed by atoms with Gasteiger partial charge in [0.05, 0.1) is 11.5 Å². The number of carbonyl (C=O) groups is 1. The van der Waals surface area contributed by atoms with Gasteiger partial charge in [0.25, 0.3) is 0 Å². The number of carbonyl (C=O) groups excluding carboxylic acids is 1. The summed E-state index contributed by atoms with van der Waals surface area (Å²) in [6, 6.07) is 8.72. The molecule has 0 spiro atoms. The lowest BCUT2D eigenvalue weighted by Crippen LogP contribution is -2.45. The Labute approximate surface area is 152 Å². The maximum Gasteiger partial charge on any atom is 0.227 e. The normalized spacial score (nSPS) is 29.6. The predicted molar refractivity (Wildman–Crippen MR) is 103 cm³/mol. The Morgan fingerprint density at radius 2 is 1.76 bits per heavy atom. The molecule has 3 heteroatoms. The zero-order chi connectivity index (χ0) is 18.0. The van der Waals surface area contributed by atoms with Crippen molar-refractivity contribution < 1.29 is 4.79 Å². The van der Waals surface area contributed by atoms with Crippen molar-refractivity contribution in [1.29, 1.82) is 0 Å². The molecule has 1 aromatic rings. The van der Waals surface area contributed by atoms with Crippen LogP contribution in [0.5, 0.6) is 0 Å². The Morgan fingerprint density at radius 1 is 1.16 bits per heavy atom. The molecular weight excluding hydrogens is 308 g/mol. The van der Waals surface area contributed by atoms with E-state index in [1.807, 2.05) is 0 Å². The Hall–Kier alpha value is -1.35. The van der Waals surface area contributed by atoms with Crippen LogP contribution >= 0.6 is 0 Å². The highest BCUT2D eigenvalue weighted by molar-refractivity contribution is 5.83. The van der Waals surface area contributed by atoms with E-state index in [9.17, 15) is 4.79 Å². The monoisotopic (exact) mass is 342 g/mol. The van der Waals surface area contributed by atoms with E-state index in [-0.39, 0.29) is 17.4 Å². The molecule has 1 amide bonds. The average Bonchev–Trinajstić information content (AvgIpc) is 3.14. The van der Waals surface area contributed by atoms with Crippen molar-refractivity contribution in [3.8, 4) is 0 Å². The first-order chi connectivity index (χ1) is 11.9. The van der Waals surface area contributed by atoms with Gasteiger partial charge in [-0.3, -0.25) is 4.79 Å². The molecule has 3 atom stereocenters. The third kappa shape index (κ3) is 3.92. The van der Waals surface area contributed by atoms with Gasteiger partial charge in [-0.25, -0.2) is 0 Å². The molecular formula is C22H34N2O. The topological polar surface area (TPSA) is 55.1 Å². The molecule has 3 rings (SSSR count). The van der Waals surface area contributed by atoms with Crippen LogP contribution in [0.15, 0.2) is 24.3 Å². The van der Waals surface area contributed by atoms with Crippen molar-refractivity contribution in [2.24, 2.45) is 28.9 Å². The summed E-state index contributed by atoms with van der Waals surface area (Å²) < 4.78 is 0. The first-order valence-electron chi connectivity index (χ1n) is 10.0. The Bertz CT molecular complexity index is 581. The lowest BCUT2D eigenvalue weighted by molar-refractivity contribution is -0.131. The zero-order valence-corrected chi connectivity index (χ0v) is 16.1. The van der Waals surface area contributed by atoms with Gasteiger partial charge in [0, 0.05) is 6.54 Å². The summed E-state index contributed by atoms with van der Waals surface area (Å²) >= 11 is 0. The molecule has 138 valence electrons. The second-order valence-corrected chi connectivity index (χ2v) is 8.88. The van der Waals surface area contributed by atoms with Gasteiger partial charge in [0.2, 0.25) is 5.91 Å². The third-order valence-corrected chi connectivity index (χ3v) is 6.47. The molecule has 3 unspecified atom stereocenters. The fourth-order valence-corrected chi connectivity index (χ4v) is 5.03. The number of rotatable bonds is 6.